The van der Waals surface area contributed by atoms with Crippen molar-refractivity contribution in [1.29, 1.82) is 0 Å². The second-order valence-electron chi connectivity index (χ2n) is 5.93. The summed E-state index contributed by atoms with van der Waals surface area (Å²) >= 11 is 0. The topological polar surface area (TPSA) is 94.2 Å². The summed E-state index contributed by atoms with van der Waals surface area (Å²) in [6.45, 7) is 5.46. The van der Waals surface area contributed by atoms with E-state index in [1.807, 2.05) is 39.2 Å². The van der Waals surface area contributed by atoms with Crippen molar-refractivity contribution in [1.82, 2.24) is 29.5 Å². The maximum absolute atomic E-state index is 12.4. The fourth-order valence-electron chi connectivity index (χ4n) is 2.56. The number of nitrogens with zero attached hydrogens (tertiary/aromatic N) is 5. The summed E-state index contributed by atoms with van der Waals surface area (Å²) in [4.78, 5) is 32.9. The van der Waals surface area contributed by atoms with Gasteiger partial charge in [0.25, 0.3) is 5.56 Å². The van der Waals surface area contributed by atoms with Crippen molar-refractivity contribution in [3.63, 3.8) is 0 Å². The van der Waals surface area contributed by atoms with Crippen LogP contribution in [0.4, 0.5) is 0 Å². The molecule has 0 bridgehead atoms. The zero-order chi connectivity index (χ0) is 18.0. The SMILES string of the molecule is CC[C@H](NC(=O)Cn1nc(C)c(C)cc1=O)c1cn2cccnc2n1. The third kappa shape index (κ3) is 3.57. The van der Waals surface area contributed by atoms with Gasteiger partial charge in [-0.15, -0.1) is 0 Å². The number of carbonyl (C=O) groups excluding carboxylic acids is 1. The summed E-state index contributed by atoms with van der Waals surface area (Å²) in [6, 6.07) is 3.05. The summed E-state index contributed by atoms with van der Waals surface area (Å²) in [6.07, 6.45) is 6.04. The lowest BCUT2D eigenvalue weighted by atomic mass is 10.1. The number of hydrogen-bond donors (Lipinski definition) is 1. The Balaban J connectivity index is 1.76. The Morgan fingerprint density at radius 1 is 1.36 bits per heavy atom. The minimum absolute atomic E-state index is 0.123. The van der Waals surface area contributed by atoms with Crippen LogP contribution in [0.25, 0.3) is 5.78 Å². The quantitative estimate of drug-likeness (QED) is 0.752. The van der Waals surface area contributed by atoms with E-state index in [0.717, 1.165) is 17.0 Å². The fraction of sp³-hybridized carbons (Fsp3) is 0.353. The monoisotopic (exact) mass is 340 g/mol. The first kappa shape index (κ1) is 16.8. The minimum atomic E-state index is -0.289. The van der Waals surface area contributed by atoms with Crippen LogP contribution in [0, 0.1) is 13.8 Å². The molecule has 8 nitrogen and oxygen atoms in total. The summed E-state index contributed by atoms with van der Waals surface area (Å²) in [5, 5.41) is 7.08. The molecule has 1 N–H and O–H groups in total. The van der Waals surface area contributed by atoms with Crippen LogP contribution in [-0.2, 0) is 11.3 Å². The van der Waals surface area contributed by atoms with Crippen molar-refractivity contribution in [3.8, 4) is 0 Å². The van der Waals surface area contributed by atoms with Crippen molar-refractivity contribution in [2.75, 3.05) is 0 Å². The molecule has 0 saturated carbocycles. The number of aromatic nitrogens is 5. The molecule has 130 valence electrons. The number of hydrogen-bond acceptors (Lipinski definition) is 5. The summed E-state index contributed by atoms with van der Waals surface area (Å²) in [7, 11) is 0. The molecule has 0 unspecified atom stereocenters. The van der Waals surface area contributed by atoms with Gasteiger partial charge in [-0.3, -0.25) is 14.0 Å². The fourth-order valence-corrected chi connectivity index (χ4v) is 2.56. The Hall–Kier alpha value is -3.03. The molecule has 0 aliphatic carbocycles. The van der Waals surface area contributed by atoms with Crippen LogP contribution in [0.5, 0.6) is 0 Å². The molecule has 0 spiro atoms. The average Bonchev–Trinajstić information content (AvgIpc) is 3.01. The van der Waals surface area contributed by atoms with Crippen LogP contribution in [0.3, 0.4) is 0 Å². The van der Waals surface area contributed by atoms with Gasteiger partial charge < -0.3 is 5.32 Å². The summed E-state index contributed by atoms with van der Waals surface area (Å²) in [5.41, 5.74) is 1.98. The molecule has 3 rings (SSSR count). The van der Waals surface area contributed by atoms with Crippen molar-refractivity contribution >= 4 is 11.7 Å². The van der Waals surface area contributed by atoms with Gasteiger partial charge in [0, 0.05) is 24.7 Å². The van der Waals surface area contributed by atoms with Gasteiger partial charge in [-0.25, -0.2) is 14.6 Å². The predicted octanol–water partition coefficient (Wildman–Crippen LogP) is 1.17. The van der Waals surface area contributed by atoms with Gasteiger partial charge in [-0.1, -0.05) is 6.92 Å². The Bertz CT molecular complexity index is 942. The molecule has 3 aromatic rings. The van der Waals surface area contributed by atoms with E-state index in [9.17, 15) is 9.59 Å². The second kappa shape index (κ2) is 6.84. The lowest BCUT2D eigenvalue weighted by molar-refractivity contribution is -0.122. The molecule has 0 fully saturated rings. The molecule has 0 aromatic carbocycles. The van der Waals surface area contributed by atoms with E-state index in [4.69, 9.17) is 0 Å². The number of amides is 1. The molecule has 0 saturated heterocycles. The van der Waals surface area contributed by atoms with Gasteiger partial charge in [-0.05, 0) is 31.9 Å². The molecule has 1 amide bonds. The maximum atomic E-state index is 12.4. The van der Waals surface area contributed by atoms with E-state index in [0.29, 0.717) is 12.2 Å². The van der Waals surface area contributed by atoms with E-state index in [1.54, 1.807) is 10.6 Å². The van der Waals surface area contributed by atoms with Gasteiger partial charge in [0.05, 0.1) is 17.4 Å². The highest BCUT2D eigenvalue weighted by molar-refractivity contribution is 5.76. The van der Waals surface area contributed by atoms with Crippen LogP contribution in [0.1, 0.15) is 36.3 Å². The normalized spacial score (nSPS) is 12.3. The van der Waals surface area contributed by atoms with Crippen molar-refractivity contribution in [2.45, 2.75) is 39.8 Å². The van der Waals surface area contributed by atoms with Gasteiger partial charge in [0.15, 0.2) is 0 Å². The smallest absolute Gasteiger partial charge is 0.267 e. The van der Waals surface area contributed by atoms with E-state index in [2.05, 4.69) is 20.4 Å². The first-order valence-corrected chi connectivity index (χ1v) is 8.12. The molecule has 3 heterocycles. The largest absolute Gasteiger partial charge is 0.346 e. The lowest BCUT2D eigenvalue weighted by Crippen LogP contribution is -2.36. The number of carbonyl (C=O) groups is 1. The molecule has 8 heteroatoms. The zero-order valence-corrected chi connectivity index (χ0v) is 14.4. The van der Waals surface area contributed by atoms with E-state index in [1.165, 1.54) is 10.7 Å². The molecular formula is C17H20N6O2. The number of imidazole rings is 1. The minimum Gasteiger partial charge on any atom is -0.346 e. The average molecular weight is 340 g/mol. The Labute approximate surface area is 144 Å². The third-order valence-electron chi connectivity index (χ3n) is 4.08. The number of rotatable bonds is 5. The Kier molecular flexibility index (Phi) is 4.60. The van der Waals surface area contributed by atoms with Crippen molar-refractivity contribution < 1.29 is 4.79 Å². The highest BCUT2D eigenvalue weighted by Gasteiger charge is 2.17. The van der Waals surface area contributed by atoms with Crippen molar-refractivity contribution in [3.05, 3.63) is 58.0 Å². The standard InChI is InChI=1S/C17H20N6O2/c1-4-13(14-9-22-7-5-6-18-17(22)20-14)19-15(24)10-23-16(25)8-11(2)12(3)21-23/h5-9,13H,4,10H2,1-3H3,(H,19,24)/t13-/m0/s1. The molecule has 0 radical (unpaired) electrons. The first-order chi connectivity index (χ1) is 12.0. The van der Waals surface area contributed by atoms with E-state index >= 15 is 0 Å². The Morgan fingerprint density at radius 2 is 2.16 bits per heavy atom. The number of aryl methyl sites for hydroxylation is 2. The molecule has 0 aliphatic heterocycles. The number of nitrogens with one attached hydrogen (secondary N) is 1. The van der Waals surface area contributed by atoms with Gasteiger partial charge in [0.2, 0.25) is 11.7 Å². The summed E-state index contributed by atoms with van der Waals surface area (Å²) in [5.74, 6) is 0.298. The Morgan fingerprint density at radius 3 is 2.88 bits per heavy atom. The predicted molar refractivity (Wildman–Crippen MR) is 92.1 cm³/mol. The van der Waals surface area contributed by atoms with Gasteiger partial charge in [-0.2, -0.15) is 5.10 Å². The highest BCUT2D eigenvalue weighted by atomic mass is 16.2. The molecule has 1 atom stereocenters. The van der Waals surface area contributed by atoms with Gasteiger partial charge in [0.1, 0.15) is 6.54 Å². The van der Waals surface area contributed by atoms with Crippen molar-refractivity contribution in [2.24, 2.45) is 0 Å². The molecular weight excluding hydrogens is 320 g/mol. The maximum Gasteiger partial charge on any atom is 0.267 e. The lowest BCUT2D eigenvalue weighted by Gasteiger charge is -2.15. The number of fused-ring (bicyclic) bond motifs is 1. The molecule has 25 heavy (non-hydrogen) atoms. The second-order valence-corrected chi connectivity index (χ2v) is 5.93. The van der Waals surface area contributed by atoms with Crippen LogP contribution in [0.15, 0.2) is 35.5 Å². The van der Waals surface area contributed by atoms with Crippen LogP contribution in [0.2, 0.25) is 0 Å². The highest BCUT2D eigenvalue weighted by Crippen LogP contribution is 2.15. The molecule has 3 aromatic heterocycles. The zero-order valence-electron chi connectivity index (χ0n) is 14.4. The van der Waals surface area contributed by atoms with Gasteiger partial charge >= 0.3 is 0 Å². The molecule has 0 aliphatic rings. The van der Waals surface area contributed by atoms with Crippen LogP contribution in [-0.4, -0.2) is 30.1 Å². The first-order valence-electron chi connectivity index (χ1n) is 8.12. The van der Waals surface area contributed by atoms with E-state index < -0.39 is 0 Å². The third-order valence-corrected chi connectivity index (χ3v) is 4.08. The van der Waals surface area contributed by atoms with Crippen LogP contribution >= 0.6 is 0 Å². The van der Waals surface area contributed by atoms with E-state index in [-0.39, 0.29) is 24.1 Å². The summed E-state index contributed by atoms with van der Waals surface area (Å²) < 4.78 is 2.98. The van der Waals surface area contributed by atoms with Crippen LogP contribution < -0.4 is 10.9 Å².